The van der Waals surface area contributed by atoms with Crippen LogP contribution in [0, 0.1) is 0 Å². The Morgan fingerprint density at radius 3 is 2.88 bits per heavy atom. The van der Waals surface area contributed by atoms with Crippen molar-refractivity contribution < 1.29 is 9.90 Å². The molecule has 16 heavy (non-hydrogen) atoms. The molecule has 0 aromatic carbocycles. The molecular formula is C11H14N2O2S. The number of carbonyl (C=O) groups is 1. The summed E-state index contributed by atoms with van der Waals surface area (Å²) in [6, 6.07) is 3.29. The van der Waals surface area contributed by atoms with Crippen molar-refractivity contribution in [2.75, 3.05) is 0 Å². The summed E-state index contributed by atoms with van der Waals surface area (Å²) < 4.78 is -0.313. The highest BCUT2D eigenvalue weighted by Crippen LogP contribution is 2.45. The van der Waals surface area contributed by atoms with E-state index in [1.165, 1.54) is 0 Å². The summed E-state index contributed by atoms with van der Waals surface area (Å²) in [5.41, 5.74) is 1.02. The predicted molar refractivity (Wildman–Crippen MR) is 63.2 cm³/mol. The van der Waals surface area contributed by atoms with Crippen LogP contribution >= 0.6 is 11.8 Å². The number of thioether (sulfide) groups is 1. The van der Waals surface area contributed by atoms with E-state index in [9.17, 15) is 4.79 Å². The number of nitrogens with one attached hydrogen (secondary N) is 1. The Kier molecular flexibility index (Phi) is 2.90. The molecule has 1 saturated heterocycles. The van der Waals surface area contributed by atoms with Gasteiger partial charge >= 0.3 is 5.97 Å². The molecule has 1 unspecified atom stereocenters. The van der Waals surface area contributed by atoms with Crippen molar-refractivity contribution in [1.82, 2.24) is 10.3 Å². The number of nitrogens with zero attached hydrogens (tertiary/aromatic N) is 1. The van der Waals surface area contributed by atoms with Crippen LogP contribution in [0.5, 0.6) is 0 Å². The second-order valence-electron chi connectivity index (χ2n) is 4.33. The number of pyridine rings is 1. The lowest BCUT2D eigenvalue weighted by Gasteiger charge is -2.20. The maximum Gasteiger partial charge on any atom is 0.322 e. The van der Waals surface area contributed by atoms with Crippen molar-refractivity contribution in [2.45, 2.75) is 30.0 Å². The van der Waals surface area contributed by atoms with Crippen LogP contribution in [0.15, 0.2) is 24.5 Å². The van der Waals surface area contributed by atoms with E-state index in [0.717, 1.165) is 5.56 Å². The largest absolute Gasteiger partial charge is 0.480 e. The molecule has 0 bridgehead atoms. The van der Waals surface area contributed by atoms with Gasteiger partial charge in [0, 0.05) is 17.1 Å². The summed E-state index contributed by atoms with van der Waals surface area (Å²) >= 11 is 1.63. The molecule has 0 amide bonds. The van der Waals surface area contributed by atoms with Crippen molar-refractivity contribution in [2.24, 2.45) is 0 Å². The lowest BCUT2D eigenvalue weighted by molar-refractivity contribution is -0.139. The van der Waals surface area contributed by atoms with Crippen LogP contribution in [0.25, 0.3) is 0 Å². The molecule has 4 nitrogen and oxygen atoms in total. The number of carboxylic acids is 1. The molecule has 1 aliphatic heterocycles. The molecular weight excluding hydrogens is 224 g/mol. The first kappa shape index (κ1) is 11.4. The monoisotopic (exact) mass is 238 g/mol. The highest BCUT2D eigenvalue weighted by Gasteiger charge is 2.45. The molecule has 5 heteroatoms. The van der Waals surface area contributed by atoms with Gasteiger partial charge in [0.1, 0.15) is 6.04 Å². The average molecular weight is 238 g/mol. The second kappa shape index (κ2) is 4.07. The summed E-state index contributed by atoms with van der Waals surface area (Å²) in [5, 5.41) is 12.2. The molecule has 2 atom stereocenters. The van der Waals surface area contributed by atoms with Gasteiger partial charge in [0.25, 0.3) is 0 Å². The fourth-order valence-corrected chi connectivity index (χ4v) is 3.21. The van der Waals surface area contributed by atoms with Gasteiger partial charge in [0.05, 0.1) is 5.37 Å². The van der Waals surface area contributed by atoms with Gasteiger partial charge in [0.15, 0.2) is 0 Å². The van der Waals surface area contributed by atoms with Gasteiger partial charge in [-0.3, -0.25) is 15.1 Å². The lowest BCUT2D eigenvalue weighted by Crippen LogP contribution is -2.43. The lowest BCUT2D eigenvalue weighted by atomic mass is 10.0. The average Bonchev–Trinajstić information content (AvgIpc) is 2.56. The smallest absolute Gasteiger partial charge is 0.322 e. The fraction of sp³-hybridized carbons (Fsp3) is 0.455. The van der Waals surface area contributed by atoms with Crippen molar-refractivity contribution >= 4 is 17.7 Å². The summed E-state index contributed by atoms with van der Waals surface area (Å²) in [5.74, 6) is -0.802. The van der Waals surface area contributed by atoms with Crippen molar-refractivity contribution in [1.29, 1.82) is 0 Å². The van der Waals surface area contributed by atoms with Crippen LogP contribution in [-0.4, -0.2) is 26.8 Å². The molecule has 1 aliphatic rings. The third-order valence-electron chi connectivity index (χ3n) is 2.67. The van der Waals surface area contributed by atoms with Crippen LogP contribution in [-0.2, 0) is 4.79 Å². The molecule has 1 aromatic rings. The van der Waals surface area contributed by atoms with Crippen molar-refractivity contribution in [3.05, 3.63) is 30.1 Å². The fourth-order valence-electron chi connectivity index (χ4n) is 1.82. The summed E-state index contributed by atoms with van der Waals surface area (Å²) in [7, 11) is 0. The molecule has 2 N–H and O–H groups in total. The molecule has 86 valence electrons. The Hall–Kier alpha value is -1.07. The zero-order valence-corrected chi connectivity index (χ0v) is 9.99. The van der Waals surface area contributed by atoms with E-state index < -0.39 is 12.0 Å². The molecule has 1 aromatic heterocycles. The molecule has 2 rings (SSSR count). The number of rotatable bonds is 2. The summed E-state index contributed by atoms with van der Waals surface area (Å²) in [4.78, 5) is 15.1. The van der Waals surface area contributed by atoms with E-state index in [2.05, 4.69) is 10.3 Å². The van der Waals surface area contributed by atoms with E-state index in [0.29, 0.717) is 0 Å². The maximum absolute atomic E-state index is 11.1. The zero-order chi connectivity index (χ0) is 11.8. The van der Waals surface area contributed by atoms with Crippen LogP contribution in [0.3, 0.4) is 0 Å². The van der Waals surface area contributed by atoms with Crippen LogP contribution < -0.4 is 5.32 Å². The SMILES string of the molecule is CC1(C)SC(c2cccnc2)N[C@H]1C(=O)O. The molecule has 0 saturated carbocycles. The number of aliphatic carboxylic acids is 1. The number of carboxylic acid groups (broad SMARTS) is 1. The zero-order valence-electron chi connectivity index (χ0n) is 9.18. The Bertz CT molecular complexity index is 394. The number of aromatic nitrogens is 1. The highest BCUT2D eigenvalue weighted by atomic mass is 32.2. The van der Waals surface area contributed by atoms with Gasteiger partial charge in [-0.25, -0.2) is 0 Å². The van der Waals surface area contributed by atoms with Crippen LogP contribution in [0.4, 0.5) is 0 Å². The minimum atomic E-state index is -0.802. The van der Waals surface area contributed by atoms with Gasteiger partial charge in [-0.15, -0.1) is 11.8 Å². The third-order valence-corrected chi connectivity index (χ3v) is 4.16. The second-order valence-corrected chi connectivity index (χ2v) is 6.08. The van der Waals surface area contributed by atoms with E-state index in [1.54, 1.807) is 24.2 Å². The third kappa shape index (κ3) is 2.05. The quantitative estimate of drug-likeness (QED) is 0.820. The predicted octanol–water partition coefficient (Wildman–Crippen LogP) is 1.65. The summed E-state index contributed by atoms with van der Waals surface area (Å²) in [6.45, 7) is 3.89. The molecule has 1 fully saturated rings. The van der Waals surface area contributed by atoms with Gasteiger partial charge in [-0.05, 0) is 25.5 Å². The highest BCUT2D eigenvalue weighted by molar-refractivity contribution is 8.01. The van der Waals surface area contributed by atoms with Crippen LogP contribution in [0.1, 0.15) is 24.8 Å². The normalized spacial score (nSPS) is 27.9. The van der Waals surface area contributed by atoms with E-state index in [1.807, 2.05) is 26.0 Å². The topological polar surface area (TPSA) is 62.2 Å². The standard InChI is InChI=1S/C11H14N2O2S/c1-11(2)8(10(14)15)13-9(16-11)7-4-3-5-12-6-7/h3-6,8-9,13H,1-2H3,(H,14,15)/t8-,9?/m0/s1. The minimum absolute atomic E-state index is 0.00444. The van der Waals surface area contributed by atoms with E-state index >= 15 is 0 Å². The molecule has 0 spiro atoms. The van der Waals surface area contributed by atoms with E-state index in [-0.39, 0.29) is 10.1 Å². The van der Waals surface area contributed by atoms with Crippen molar-refractivity contribution in [3.8, 4) is 0 Å². The minimum Gasteiger partial charge on any atom is -0.480 e. The van der Waals surface area contributed by atoms with E-state index in [4.69, 9.17) is 5.11 Å². The van der Waals surface area contributed by atoms with Gasteiger partial charge in [-0.1, -0.05) is 6.07 Å². The van der Waals surface area contributed by atoms with Crippen molar-refractivity contribution in [3.63, 3.8) is 0 Å². The summed E-state index contributed by atoms with van der Waals surface area (Å²) in [6.07, 6.45) is 3.48. The molecule has 0 aliphatic carbocycles. The van der Waals surface area contributed by atoms with Gasteiger partial charge in [-0.2, -0.15) is 0 Å². The molecule has 0 radical (unpaired) electrons. The Labute approximate surface area is 98.5 Å². The van der Waals surface area contributed by atoms with Crippen LogP contribution in [0.2, 0.25) is 0 Å². The van der Waals surface area contributed by atoms with Gasteiger partial charge in [0.2, 0.25) is 0 Å². The molecule has 2 heterocycles. The Morgan fingerprint density at radius 1 is 1.62 bits per heavy atom. The first-order chi connectivity index (χ1) is 7.50. The maximum atomic E-state index is 11.1. The Morgan fingerprint density at radius 2 is 2.38 bits per heavy atom. The first-order valence-electron chi connectivity index (χ1n) is 5.07. The van der Waals surface area contributed by atoms with Gasteiger partial charge < -0.3 is 5.11 Å². The Balaban J connectivity index is 2.21. The number of hydrogen-bond acceptors (Lipinski definition) is 4. The first-order valence-corrected chi connectivity index (χ1v) is 5.95. The number of hydrogen-bond donors (Lipinski definition) is 2.